The molecule has 5 heteroatoms. The molecule has 2 unspecified atom stereocenters. The maximum Gasteiger partial charge on any atom is 0.223 e. The Balaban J connectivity index is 1.64. The first kappa shape index (κ1) is 14.2. The molecule has 2 atom stereocenters. The van der Waals surface area contributed by atoms with E-state index < -0.39 is 0 Å². The van der Waals surface area contributed by atoms with E-state index in [1.54, 1.807) is 24.3 Å². The van der Waals surface area contributed by atoms with Crippen LogP contribution in [0.3, 0.4) is 0 Å². The number of benzene rings is 1. The van der Waals surface area contributed by atoms with Gasteiger partial charge in [0.15, 0.2) is 0 Å². The van der Waals surface area contributed by atoms with Crippen LogP contribution in [0.5, 0.6) is 5.75 Å². The van der Waals surface area contributed by atoms with Crippen molar-refractivity contribution in [2.24, 2.45) is 11.7 Å². The Kier molecular flexibility index (Phi) is 5.05. The minimum absolute atomic E-state index is 0.0746. The van der Waals surface area contributed by atoms with Crippen molar-refractivity contribution in [3.05, 3.63) is 29.3 Å². The van der Waals surface area contributed by atoms with Gasteiger partial charge in [-0.25, -0.2) is 0 Å². The van der Waals surface area contributed by atoms with Crippen LogP contribution in [0.25, 0.3) is 0 Å². The van der Waals surface area contributed by atoms with Crippen molar-refractivity contribution in [2.45, 2.75) is 25.3 Å². The molecule has 0 radical (unpaired) electrons. The van der Waals surface area contributed by atoms with Crippen LogP contribution in [0, 0.1) is 5.92 Å². The fourth-order valence-corrected chi connectivity index (χ4v) is 2.40. The van der Waals surface area contributed by atoms with Gasteiger partial charge in [0.05, 0.1) is 6.54 Å². The van der Waals surface area contributed by atoms with Crippen LogP contribution in [-0.4, -0.2) is 25.1 Å². The first-order valence-electron chi connectivity index (χ1n) is 6.57. The predicted octanol–water partition coefficient (Wildman–Crippen LogP) is 1.96. The summed E-state index contributed by atoms with van der Waals surface area (Å²) in [5, 5.41) is 3.56. The number of nitrogens with two attached hydrogens (primary N) is 1. The van der Waals surface area contributed by atoms with Gasteiger partial charge in [-0.1, -0.05) is 11.6 Å². The van der Waals surface area contributed by atoms with E-state index in [4.69, 9.17) is 22.1 Å². The maximum absolute atomic E-state index is 11.8. The lowest BCUT2D eigenvalue weighted by atomic mass is 10.1. The molecule has 0 saturated heterocycles. The lowest BCUT2D eigenvalue weighted by molar-refractivity contribution is -0.124. The molecule has 0 spiro atoms. The van der Waals surface area contributed by atoms with Crippen molar-refractivity contribution in [1.29, 1.82) is 0 Å². The third kappa shape index (κ3) is 4.40. The minimum atomic E-state index is 0.0746. The minimum Gasteiger partial charge on any atom is -0.492 e. The molecule has 0 aliphatic heterocycles. The highest BCUT2D eigenvalue weighted by atomic mass is 35.5. The Morgan fingerprint density at radius 3 is 2.74 bits per heavy atom. The van der Waals surface area contributed by atoms with Gasteiger partial charge >= 0.3 is 0 Å². The van der Waals surface area contributed by atoms with Crippen LogP contribution in [0.15, 0.2) is 24.3 Å². The molecular weight excluding hydrogens is 264 g/mol. The third-order valence-corrected chi connectivity index (χ3v) is 3.58. The highest BCUT2D eigenvalue weighted by molar-refractivity contribution is 6.30. The van der Waals surface area contributed by atoms with Crippen LogP contribution in [0.1, 0.15) is 19.3 Å². The van der Waals surface area contributed by atoms with Gasteiger partial charge in [0, 0.05) is 17.0 Å². The SMILES string of the molecule is NC1CCC(C(=O)NCCOc2ccc(Cl)cc2)C1. The molecule has 1 aliphatic carbocycles. The third-order valence-electron chi connectivity index (χ3n) is 3.33. The number of amides is 1. The molecule has 19 heavy (non-hydrogen) atoms. The molecule has 1 aliphatic rings. The molecule has 1 aromatic rings. The summed E-state index contributed by atoms with van der Waals surface area (Å²) in [7, 11) is 0. The molecule has 2 rings (SSSR count). The van der Waals surface area contributed by atoms with Gasteiger partial charge < -0.3 is 15.8 Å². The molecule has 0 aromatic heterocycles. The standard InChI is InChI=1S/C14H19ClN2O2/c15-11-2-5-13(6-3-11)19-8-7-17-14(18)10-1-4-12(16)9-10/h2-3,5-6,10,12H,1,4,7-9,16H2,(H,17,18). The highest BCUT2D eigenvalue weighted by Gasteiger charge is 2.27. The zero-order valence-electron chi connectivity index (χ0n) is 10.8. The lowest BCUT2D eigenvalue weighted by Gasteiger charge is -2.11. The number of halogens is 1. The highest BCUT2D eigenvalue weighted by Crippen LogP contribution is 2.23. The smallest absolute Gasteiger partial charge is 0.223 e. The van der Waals surface area contributed by atoms with E-state index in [0.29, 0.717) is 18.2 Å². The van der Waals surface area contributed by atoms with Crippen LogP contribution in [0.4, 0.5) is 0 Å². The Bertz CT molecular complexity index is 422. The number of rotatable bonds is 5. The van der Waals surface area contributed by atoms with E-state index in [1.165, 1.54) is 0 Å². The summed E-state index contributed by atoms with van der Waals surface area (Å²) in [6.07, 6.45) is 2.63. The molecule has 3 N–H and O–H groups in total. The molecule has 1 saturated carbocycles. The zero-order valence-corrected chi connectivity index (χ0v) is 11.5. The largest absolute Gasteiger partial charge is 0.492 e. The molecule has 1 fully saturated rings. The van der Waals surface area contributed by atoms with Crippen molar-refractivity contribution in [3.8, 4) is 5.75 Å². The summed E-state index contributed by atoms with van der Waals surface area (Å²) < 4.78 is 5.50. The van der Waals surface area contributed by atoms with E-state index in [2.05, 4.69) is 5.32 Å². The Hall–Kier alpha value is -1.26. The molecule has 1 aromatic carbocycles. The monoisotopic (exact) mass is 282 g/mol. The average Bonchev–Trinajstić information content (AvgIpc) is 2.83. The number of carbonyl (C=O) groups excluding carboxylic acids is 1. The summed E-state index contributed by atoms with van der Waals surface area (Å²) in [5.74, 6) is 0.916. The summed E-state index contributed by atoms with van der Waals surface area (Å²) in [6, 6.07) is 7.34. The summed E-state index contributed by atoms with van der Waals surface area (Å²) >= 11 is 5.78. The average molecular weight is 283 g/mol. The van der Waals surface area contributed by atoms with E-state index in [-0.39, 0.29) is 17.9 Å². The topological polar surface area (TPSA) is 64.4 Å². The number of hydrogen-bond acceptors (Lipinski definition) is 3. The fraction of sp³-hybridized carbons (Fsp3) is 0.500. The van der Waals surface area contributed by atoms with E-state index >= 15 is 0 Å². The number of hydrogen-bond donors (Lipinski definition) is 2. The zero-order chi connectivity index (χ0) is 13.7. The predicted molar refractivity (Wildman–Crippen MR) is 75.3 cm³/mol. The molecule has 104 valence electrons. The van der Waals surface area contributed by atoms with Crippen molar-refractivity contribution in [1.82, 2.24) is 5.32 Å². The second-order valence-electron chi connectivity index (χ2n) is 4.86. The van der Waals surface area contributed by atoms with Gasteiger partial charge in [0.25, 0.3) is 0 Å². The van der Waals surface area contributed by atoms with Crippen LogP contribution in [-0.2, 0) is 4.79 Å². The van der Waals surface area contributed by atoms with Crippen LogP contribution < -0.4 is 15.8 Å². The van der Waals surface area contributed by atoms with E-state index in [1.807, 2.05) is 0 Å². The van der Waals surface area contributed by atoms with Gasteiger partial charge in [-0.15, -0.1) is 0 Å². The quantitative estimate of drug-likeness (QED) is 0.812. The first-order chi connectivity index (χ1) is 9.15. The Labute approximate surface area is 118 Å². The van der Waals surface area contributed by atoms with Gasteiger partial charge in [-0.2, -0.15) is 0 Å². The Morgan fingerprint density at radius 2 is 2.11 bits per heavy atom. The Morgan fingerprint density at radius 1 is 1.37 bits per heavy atom. The maximum atomic E-state index is 11.8. The number of nitrogens with one attached hydrogen (secondary N) is 1. The molecule has 1 amide bonds. The summed E-state index contributed by atoms with van der Waals surface area (Å²) in [6.45, 7) is 0.958. The van der Waals surface area contributed by atoms with E-state index in [9.17, 15) is 4.79 Å². The fourth-order valence-electron chi connectivity index (χ4n) is 2.27. The summed E-state index contributed by atoms with van der Waals surface area (Å²) in [4.78, 5) is 11.8. The van der Waals surface area contributed by atoms with Gasteiger partial charge in [0.1, 0.15) is 12.4 Å². The van der Waals surface area contributed by atoms with Crippen LogP contribution >= 0.6 is 11.6 Å². The van der Waals surface area contributed by atoms with Crippen molar-refractivity contribution in [2.75, 3.05) is 13.2 Å². The van der Waals surface area contributed by atoms with Gasteiger partial charge in [0.2, 0.25) is 5.91 Å². The number of ether oxygens (including phenoxy) is 1. The normalized spacial score (nSPS) is 22.2. The number of carbonyl (C=O) groups is 1. The molecule has 4 nitrogen and oxygen atoms in total. The van der Waals surface area contributed by atoms with Crippen LogP contribution in [0.2, 0.25) is 5.02 Å². The van der Waals surface area contributed by atoms with Crippen molar-refractivity contribution < 1.29 is 9.53 Å². The van der Waals surface area contributed by atoms with Gasteiger partial charge in [-0.3, -0.25) is 4.79 Å². The molecule has 0 bridgehead atoms. The van der Waals surface area contributed by atoms with Crippen molar-refractivity contribution in [3.63, 3.8) is 0 Å². The van der Waals surface area contributed by atoms with E-state index in [0.717, 1.165) is 25.0 Å². The molecule has 0 heterocycles. The molecular formula is C14H19ClN2O2. The van der Waals surface area contributed by atoms with Gasteiger partial charge in [-0.05, 0) is 43.5 Å². The van der Waals surface area contributed by atoms with Crippen molar-refractivity contribution >= 4 is 17.5 Å². The lowest BCUT2D eigenvalue weighted by Crippen LogP contribution is -2.33. The summed E-state index contributed by atoms with van der Waals surface area (Å²) in [5.41, 5.74) is 5.79. The second-order valence-corrected chi connectivity index (χ2v) is 5.30. The first-order valence-corrected chi connectivity index (χ1v) is 6.94. The second kappa shape index (κ2) is 6.78.